The van der Waals surface area contributed by atoms with Gasteiger partial charge in [-0.3, -0.25) is 19.7 Å². The Labute approximate surface area is 136 Å². The van der Waals surface area contributed by atoms with Crippen LogP contribution in [0.5, 0.6) is 0 Å². The van der Waals surface area contributed by atoms with Crippen LogP contribution in [0.1, 0.15) is 35.6 Å². The molecule has 0 aromatic carbocycles. The molecule has 0 bridgehead atoms. The predicted octanol–water partition coefficient (Wildman–Crippen LogP) is 2.67. The number of pyridine rings is 2. The standard InChI is InChI=1S/C18H21N3O2/c1-13-10-20-8-6-16(13)17(14-4-2-7-19-11-14)21-9-3-5-15(12-21)18(22)23/h2,4,6-8,10-11,15,17H,3,5,9,12H2,1H3,(H,22,23). The average Bonchev–Trinajstić information content (AvgIpc) is 2.58. The molecule has 0 radical (unpaired) electrons. The molecule has 1 aliphatic rings. The molecule has 0 saturated carbocycles. The number of hydrogen-bond donors (Lipinski definition) is 1. The highest BCUT2D eigenvalue weighted by molar-refractivity contribution is 5.70. The molecule has 2 aromatic heterocycles. The van der Waals surface area contributed by atoms with Gasteiger partial charge in [-0.25, -0.2) is 0 Å². The minimum atomic E-state index is -0.703. The molecule has 5 heteroatoms. The molecule has 0 aliphatic carbocycles. The van der Waals surface area contributed by atoms with Gasteiger partial charge in [0.15, 0.2) is 0 Å². The lowest BCUT2D eigenvalue weighted by molar-refractivity contribution is -0.143. The minimum Gasteiger partial charge on any atom is -0.481 e. The third-order valence-corrected chi connectivity index (χ3v) is 4.53. The molecule has 1 fully saturated rings. The second kappa shape index (κ2) is 6.87. The maximum Gasteiger partial charge on any atom is 0.307 e. The van der Waals surface area contributed by atoms with Crippen molar-refractivity contribution in [3.05, 3.63) is 59.7 Å². The zero-order valence-electron chi connectivity index (χ0n) is 13.2. The van der Waals surface area contributed by atoms with Crippen LogP contribution in [0.2, 0.25) is 0 Å². The van der Waals surface area contributed by atoms with Crippen LogP contribution in [0.3, 0.4) is 0 Å². The molecule has 0 spiro atoms. The number of carboxylic acids is 1. The van der Waals surface area contributed by atoms with Crippen LogP contribution in [0.4, 0.5) is 0 Å². The summed E-state index contributed by atoms with van der Waals surface area (Å²) in [5.74, 6) is -1.00. The number of aryl methyl sites for hydroxylation is 1. The highest BCUT2D eigenvalue weighted by atomic mass is 16.4. The molecule has 2 aromatic rings. The van der Waals surface area contributed by atoms with Crippen molar-refractivity contribution in [3.63, 3.8) is 0 Å². The van der Waals surface area contributed by atoms with Gasteiger partial charge >= 0.3 is 5.97 Å². The molecule has 1 saturated heterocycles. The summed E-state index contributed by atoms with van der Waals surface area (Å²) in [6.07, 6.45) is 8.94. The molecular weight excluding hydrogens is 290 g/mol. The molecule has 5 nitrogen and oxygen atoms in total. The van der Waals surface area contributed by atoms with Crippen LogP contribution in [-0.2, 0) is 4.79 Å². The van der Waals surface area contributed by atoms with Gasteiger partial charge in [0.05, 0.1) is 12.0 Å². The van der Waals surface area contributed by atoms with E-state index in [9.17, 15) is 9.90 Å². The van der Waals surface area contributed by atoms with Crippen LogP contribution in [0.25, 0.3) is 0 Å². The first-order valence-electron chi connectivity index (χ1n) is 7.94. The van der Waals surface area contributed by atoms with E-state index in [1.165, 1.54) is 5.56 Å². The summed E-state index contributed by atoms with van der Waals surface area (Å²) < 4.78 is 0. The maximum atomic E-state index is 11.4. The second-order valence-corrected chi connectivity index (χ2v) is 6.09. The Morgan fingerprint density at radius 2 is 2.13 bits per heavy atom. The van der Waals surface area contributed by atoms with Crippen molar-refractivity contribution in [1.29, 1.82) is 0 Å². The van der Waals surface area contributed by atoms with Crippen molar-refractivity contribution in [2.45, 2.75) is 25.8 Å². The van der Waals surface area contributed by atoms with E-state index in [0.29, 0.717) is 6.54 Å². The highest BCUT2D eigenvalue weighted by Crippen LogP contribution is 2.33. The molecule has 1 aliphatic heterocycles. The van der Waals surface area contributed by atoms with E-state index in [2.05, 4.69) is 20.9 Å². The molecule has 2 atom stereocenters. The van der Waals surface area contributed by atoms with E-state index >= 15 is 0 Å². The van der Waals surface area contributed by atoms with Gasteiger partial charge in [-0.1, -0.05) is 6.07 Å². The van der Waals surface area contributed by atoms with Gasteiger partial charge in [-0.15, -0.1) is 0 Å². The lowest BCUT2D eigenvalue weighted by Crippen LogP contribution is -2.41. The minimum absolute atomic E-state index is 0.0221. The van der Waals surface area contributed by atoms with Crippen molar-refractivity contribution in [2.24, 2.45) is 5.92 Å². The molecule has 3 heterocycles. The van der Waals surface area contributed by atoms with Gasteiger partial charge in [0.25, 0.3) is 0 Å². The molecule has 3 rings (SSSR count). The third kappa shape index (κ3) is 3.40. The first-order valence-corrected chi connectivity index (χ1v) is 7.94. The monoisotopic (exact) mass is 311 g/mol. The summed E-state index contributed by atoms with van der Waals surface area (Å²) in [4.78, 5) is 22.1. The van der Waals surface area contributed by atoms with Gasteiger partial charge in [-0.05, 0) is 55.1 Å². The number of rotatable bonds is 4. The van der Waals surface area contributed by atoms with Crippen LogP contribution >= 0.6 is 0 Å². The highest BCUT2D eigenvalue weighted by Gasteiger charge is 2.31. The van der Waals surface area contributed by atoms with E-state index in [-0.39, 0.29) is 12.0 Å². The molecular formula is C18H21N3O2. The van der Waals surface area contributed by atoms with Crippen molar-refractivity contribution in [3.8, 4) is 0 Å². The maximum absolute atomic E-state index is 11.4. The van der Waals surface area contributed by atoms with Gasteiger partial charge in [0, 0.05) is 31.3 Å². The number of nitrogens with zero attached hydrogens (tertiary/aromatic N) is 3. The van der Waals surface area contributed by atoms with Gasteiger partial charge < -0.3 is 5.11 Å². The van der Waals surface area contributed by atoms with E-state index in [1.54, 1.807) is 12.4 Å². The molecule has 23 heavy (non-hydrogen) atoms. The van der Waals surface area contributed by atoms with Gasteiger partial charge in [0.2, 0.25) is 0 Å². The van der Waals surface area contributed by atoms with Crippen molar-refractivity contribution < 1.29 is 9.90 Å². The van der Waals surface area contributed by atoms with Crippen LogP contribution < -0.4 is 0 Å². The Hall–Kier alpha value is -2.27. The first kappa shape index (κ1) is 15.6. The fourth-order valence-electron chi connectivity index (χ4n) is 3.36. The molecule has 2 unspecified atom stereocenters. The topological polar surface area (TPSA) is 66.3 Å². The predicted molar refractivity (Wildman–Crippen MR) is 87.0 cm³/mol. The second-order valence-electron chi connectivity index (χ2n) is 6.09. The Balaban J connectivity index is 1.99. The van der Waals surface area contributed by atoms with Gasteiger partial charge in [0.1, 0.15) is 0 Å². The number of carboxylic acid groups (broad SMARTS) is 1. The zero-order valence-corrected chi connectivity index (χ0v) is 13.2. The van der Waals surface area contributed by atoms with E-state index in [4.69, 9.17) is 0 Å². The van der Waals surface area contributed by atoms with E-state index in [1.807, 2.05) is 31.5 Å². The number of likely N-dealkylation sites (tertiary alicyclic amines) is 1. The van der Waals surface area contributed by atoms with Crippen LogP contribution in [0, 0.1) is 12.8 Å². The summed E-state index contributed by atoms with van der Waals surface area (Å²) in [6, 6.07) is 6.03. The number of aliphatic carboxylic acids is 1. The van der Waals surface area contributed by atoms with Crippen molar-refractivity contribution in [2.75, 3.05) is 13.1 Å². The zero-order chi connectivity index (χ0) is 16.2. The van der Waals surface area contributed by atoms with E-state index < -0.39 is 5.97 Å². The number of carbonyl (C=O) groups is 1. The fraction of sp³-hybridized carbons (Fsp3) is 0.389. The summed E-state index contributed by atoms with van der Waals surface area (Å²) in [6.45, 7) is 3.51. The molecule has 120 valence electrons. The summed E-state index contributed by atoms with van der Waals surface area (Å²) in [5.41, 5.74) is 3.37. The SMILES string of the molecule is Cc1cnccc1C(c1cccnc1)N1CCCC(C(=O)O)C1. The van der Waals surface area contributed by atoms with Crippen LogP contribution in [-0.4, -0.2) is 39.0 Å². The fourth-order valence-corrected chi connectivity index (χ4v) is 3.36. The third-order valence-electron chi connectivity index (χ3n) is 4.53. The summed E-state index contributed by atoms with van der Waals surface area (Å²) in [5, 5.41) is 9.38. The average molecular weight is 311 g/mol. The van der Waals surface area contributed by atoms with E-state index in [0.717, 1.165) is 30.5 Å². The normalized spacial score (nSPS) is 20.1. The first-order chi connectivity index (χ1) is 11.2. The number of piperidine rings is 1. The lowest BCUT2D eigenvalue weighted by Gasteiger charge is -2.38. The Morgan fingerprint density at radius 1 is 1.30 bits per heavy atom. The number of hydrogen-bond acceptors (Lipinski definition) is 4. The van der Waals surface area contributed by atoms with Crippen LogP contribution in [0.15, 0.2) is 43.0 Å². The quantitative estimate of drug-likeness (QED) is 0.940. The lowest BCUT2D eigenvalue weighted by atomic mass is 9.91. The Bertz CT molecular complexity index is 675. The largest absolute Gasteiger partial charge is 0.481 e. The Morgan fingerprint density at radius 3 is 2.83 bits per heavy atom. The smallest absolute Gasteiger partial charge is 0.307 e. The van der Waals surface area contributed by atoms with Crippen molar-refractivity contribution in [1.82, 2.24) is 14.9 Å². The van der Waals surface area contributed by atoms with Gasteiger partial charge in [-0.2, -0.15) is 0 Å². The summed E-state index contributed by atoms with van der Waals surface area (Å²) >= 11 is 0. The van der Waals surface area contributed by atoms with Crippen molar-refractivity contribution >= 4 is 5.97 Å². The number of aromatic nitrogens is 2. The summed E-state index contributed by atoms with van der Waals surface area (Å²) in [7, 11) is 0. The molecule has 1 N–H and O–H groups in total. The molecule has 0 amide bonds. The Kier molecular flexibility index (Phi) is 4.67.